The molecular weight excluding hydrogens is 120 g/mol. The van der Waals surface area contributed by atoms with Gasteiger partial charge >= 0.3 is 6.09 Å². The standard InChI is InChI=1S/CH4N2O3S/c2-6-7-3-1(4)5/h3H,2H2,(H,4,5). The Morgan fingerprint density at radius 3 is 2.71 bits per heavy atom. The van der Waals surface area contributed by atoms with Crippen LogP contribution in [-0.2, 0) is 4.28 Å². The number of carboxylic acid groups (broad SMARTS) is 1. The van der Waals surface area contributed by atoms with Gasteiger partial charge in [0.2, 0.25) is 0 Å². The van der Waals surface area contributed by atoms with Gasteiger partial charge in [-0.1, -0.05) is 0 Å². The molecule has 5 nitrogen and oxygen atoms in total. The van der Waals surface area contributed by atoms with Crippen molar-refractivity contribution in [2.45, 2.75) is 0 Å². The highest BCUT2D eigenvalue weighted by molar-refractivity contribution is 7.93. The Hall–Kier alpha value is -0.460. The normalized spacial score (nSPS) is 8.14. The largest absolute Gasteiger partial charge is 0.464 e. The number of amides is 1. The quantitative estimate of drug-likeness (QED) is 0.267. The molecule has 6 heteroatoms. The summed E-state index contributed by atoms with van der Waals surface area (Å²) in [6, 6.07) is 0. The molecule has 0 rings (SSSR count). The minimum atomic E-state index is -1.18. The molecule has 0 spiro atoms. The van der Waals surface area contributed by atoms with E-state index in [0.717, 1.165) is 0 Å². The third-order valence-corrected chi connectivity index (χ3v) is 0.531. The van der Waals surface area contributed by atoms with Crippen molar-refractivity contribution in [1.82, 2.24) is 4.72 Å². The third kappa shape index (κ3) is 5.54. The first-order valence-electron chi connectivity index (χ1n) is 1.28. The molecule has 0 saturated carbocycles. The first-order valence-corrected chi connectivity index (χ1v) is 2.03. The molecule has 0 aromatic rings. The van der Waals surface area contributed by atoms with E-state index in [1.165, 1.54) is 0 Å². The van der Waals surface area contributed by atoms with E-state index < -0.39 is 6.09 Å². The SMILES string of the molecule is NOSNC(=O)O. The molecule has 0 aliphatic heterocycles. The Kier molecular flexibility index (Phi) is 3.48. The average Bonchev–Trinajstić information content (AvgIpc) is 1.61. The average molecular weight is 124 g/mol. The highest BCUT2D eigenvalue weighted by Crippen LogP contribution is 1.85. The van der Waals surface area contributed by atoms with Crippen molar-refractivity contribution in [1.29, 1.82) is 0 Å². The summed E-state index contributed by atoms with van der Waals surface area (Å²) in [5, 5.41) is 7.78. The van der Waals surface area contributed by atoms with Gasteiger partial charge < -0.3 is 5.11 Å². The highest BCUT2D eigenvalue weighted by Gasteiger charge is 1.89. The van der Waals surface area contributed by atoms with Crippen LogP contribution in [0.4, 0.5) is 4.79 Å². The summed E-state index contributed by atoms with van der Waals surface area (Å²) in [5.41, 5.74) is 0. The third-order valence-electron chi connectivity index (χ3n) is 0.177. The summed E-state index contributed by atoms with van der Waals surface area (Å²) in [7, 11) is 0. The second kappa shape index (κ2) is 3.72. The van der Waals surface area contributed by atoms with E-state index in [1.807, 2.05) is 0 Å². The summed E-state index contributed by atoms with van der Waals surface area (Å²) in [6.45, 7) is 0. The molecule has 4 N–H and O–H groups in total. The van der Waals surface area contributed by atoms with E-state index >= 15 is 0 Å². The van der Waals surface area contributed by atoms with Crippen molar-refractivity contribution in [3.63, 3.8) is 0 Å². The zero-order chi connectivity index (χ0) is 5.70. The van der Waals surface area contributed by atoms with Crippen molar-refractivity contribution < 1.29 is 14.2 Å². The lowest BCUT2D eigenvalue weighted by Gasteiger charge is -1.89. The molecule has 0 aliphatic carbocycles. The van der Waals surface area contributed by atoms with Crippen molar-refractivity contribution in [3.8, 4) is 0 Å². The van der Waals surface area contributed by atoms with Crippen LogP contribution in [-0.4, -0.2) is 11.2 Å². The molecule has 42 valence electrons. The van der Waals surface area contributed by atoms with E-state index in [0.29, 0.717) is 12.2 Å². The van der Waals surface area contributed by atoms with E-state index in [-0.39, 0.29) is 0 Å². The van der Waals surface area contributed by atoms with Crippen LogP contribution in [0, 0.1) is 0 Å². The highest BCUT2D eigenvalue weighted by atomic mass is 32.2. The molecule has 0 heterocycles. The molecular formula is CH4N2O3S. The zero-order valence-corrected chi connectivity index (χ0v) is 4.07. The minimum Gasteiger partial charge on any atom is -0.464 e. The van der Waals surface area contributed by atoms with Crippen molar-refractivity contribution in [2.75, 3.05) is 0 Å². The van der Waals surface area contributed by atoms with Gasteiger partial charge in [-0.15, -0.1) is 0 Å². The number of hydrogen-bond donors (Lipinski definition) is 3. The summed E-state index contributed by atoms with van der Waals surface area (Å²) in [4.78, 5) is 9.49. The van der Waals surface area contributed by atoms with Gasteiger partial charge in [0.05, 0.1) is 0 Å². The van der Waals surface area contributed by atoms with Crippen LogP contribution in [0.2, 0.25) is 0 Å². The van der Waals surface area contributed by atoms with E-state index in [9.17, 15) is 4.79 Å². The fraction of sp³-hybridized carbons (Fsp3) is 0. The van der Waals surface area contributed by atoms with E-state index in [4.69, 9.17) is 5.11 Å². The topological polar surface area (TPSA) is 84.6 Å². The molecule has 0 atom stereocenters. The minimum absolute atomic E-state index is 0.444. The molecule has 0 bridgehead atoms. The van der Waals surface area contributed by atoms with Crippen molar-refractivity contribution >= 4 is 18.3 Å². The first kappa shape index (κ1) is 6.54. The molecule has 1 amide bonds. The Morgan fingerprint density at radius 1 is 2.00 bits per heavy atom. The van der Waals surface area contributed by atoms with E-state index in [2.05, 4.69) is 10.2 Å². The fourth-order valence-electron chi connectivity index (χ4n) is 0.0597. The summed E-state index contributed by atoms with van der Waals surface area (Å²) in [6.07, 6.45) is -1.18. The lowest BCUT2D eigenvalue weighted by atomic mass is 11.3. The van der Waals surface area contributed by atoms with Crippen LogP contribution in [0.3, 0.4) is 0 Å². The second-order valence-corrected chi connectivity index (χ2v) is 1.15. The van der Waals surface area contributed by atoms with Gasteiger partial charge in [0.15, 0.2) is 0 Å². The van der Waals surface area contributed by atoms with Crippen LogP contribution >= 0.6 is 12.2 Å². The van der Waals surface area contributed by atoms with Gasteiger partial charge in [0, 0.05) is 0 Å². The Bertz CT molecular complexity index is 66.0. The molecule has 0 radical (unpaired) electrons. The molecule has 0 aromatic carbocycles. The summed E-state index contributed by atoms with van der Waals surface area (Å²) < 4.78 is 5.56. The van der Waals surface area contributed by atoms with E-state index in [1.54, 1.807) is 4.72 Å². The van der Waals surface area contributed by atoms with Crippen LogP contribution in [0.15, 0.2) is 0 Å². The molecule has 0 aromatic heterocycles. The van der Waals surface area contributed by atoms with Gasteiger partial charge in [0.25, 0.3) is 0 Å². The van der Waals surface area contributed by atoms with Gasteiger partial charge in [0.1, 0.15) is 12.2 Å². The number of nitrogens with one attached hydrogen (secondary N) is 1. The molecule has 0 aliphatic rings. The molecule has 0 unspecified atom stereocenters. The van der Waals surface area contributed by atoms with Crippen LogP contribution < -0.4 is 10.6 Å². The van der Waals surface area contributed by atoms with Crippen LogP contribution in [0.25, 0.3) is 0 Å². The lowest BCUT2D eigenvalue weighted by Crippen LogP contribution is -2.13. The van der Waals surface area contributed by atoms with Gasteiger partial charge in [-0.05, 0) is 0 Å². The maximum absolute atomic E-state index is 9.49. The van der Waals surface area contributed by atoms with Gasteiger partial charge in [-0.25, -0.2) is 19.7 Å². The lowest BCUT2D eigenvalue weighted by molar-refractivity contribution is 0.201. The predicted molar refractivity (Wildman–Crippen MR) is 24.0 cm³/mol. The smallest absolute Gasteiger partial charge is 0.416 e. The number of nitrogens with two attached hydrogens (primary N) is 1. The van der Waals surface area contributed by atoms with Crippen molar-refractivity contribution in [3.05, 3.63) is 0 Å². The van der Waals surface area contributed by atoms with Crippen LogP contribution in [0.5, 0.6) is 0 Å². The Morgan fingerprint density at radius 2 is 2.57 bits per heavy atom. The first-order chi connectivity index (χ1) is 3.27. The fourth-order valence-corrected chi connectivity index (χ4v) is 0.179. The predicted octanol–water partition coefficient (Wildman–Crippen LogP) is -0.293. The second-order valence-electron chi connectivity index (χ2n) is 0.587. The van der Waals surface area contributed by atoms with Gasteiger partial charge in [-0.3, -0.25) is 0 Å². The number of hydrogen-bond acceptors (Lipinski definition) is 4. The summed E-state index contributed by atoms with van der Waals surface area (Å²) in [5.74, 6) is 4.41. The molecule has 0 fully saturated rings. The summed E-state index contributed by atoms with van der Waals surface area (Å²) >= 11 is 0.444. The monoisotopic (exact) mass is 124 g/mol. The molecule has 7 heavy (non-hydrogen) atoms. The molecule has 0 saturated heterocycles. The number of rotatable bonds is 2. The van der Waals surface area contributed by atoms with Crippen molar-refractivity contribution in [2.24, 2.45) is 5.90 Å². The van der Waals surface area contributed by atoms with Gasteiger partial charge in [-0.2, -0.15) is 0 Å². The van der Waals surface area contributed by atoms with Crippen LogP contribution in [0.1, 0.15) is 0 Å². The maximum atomic E-state index is 9.49. The number of carbonyl (C=O) groups is 1. The zero-order valence-electron chi connectivity index (χ0n) is 3.25. The maximum Gasteiger partial charge on any atom is 0.416 e. The Balaban J connectivity index is 2.82. The Labute approximate surface area is 44.1 Å².